The average Bonchev–Trinajstić information content (AvgIpc) is 1.85. The molecule has 1 aliphatic heterocycles. The largest absolute Gasteiger partial charge is 0.314 e. The van der Waals surface area contributed by atoms with Gasteiger partial charge in [-0.3, -0.25) is 4.79 Å². The molecule has 62 valence electrons. The standard InChI is InChI=1S/C9H15NO/c1-7(2)10-8(3)5-4-6-9(10)11/h7H,3-6H2,1-2H3. The Bertz CT molecular complexity index is 168. The molecule has 0 saturated carbocycles. The number of amides is 1. The fraction of sp³-hybridized carbons (Fsp3) is 0.667. The lowest BCUT2D eigenvalue weighted by atomic mass is 10.1. The molecule has 2 heteroatoms. The molecule has 11 heavy (non-hydrogen) atoms. The van der Waals surface area contributed by atoms with Crippen molar-refractivity contribution in [2.45, 2.75) is 39.2 Å². The van der Waals surface area contributed by atoms with E-state index in [0.717, 1.165) is 18.5 Å². The summed E-state index contributed by atoms with van der Waals surface area (Å²) in [6.45, 7) is 7.92. The zero-order chi connectivity index (χ0) is 8.43. The molecule has 1 heterocycles. The van der Waals surface area contributed by atoms with E-state index >= 15 is 0 Å². The van der Waals surface area contributed by atoms with E-state index in [1.165, 1.54) is 0 Å². The molecule has 1 rings (SSSR count). The highest BCUT2D eigenvalue weighted by Crippen LogP contribution is 2.21. The van der Waals surface area contributed by atoms with Crippen molar-refractivity contribution in [3.05, 3.63) is 12.3 Å². The summed E-state index contributed by atoms with van der Waals surface area (Å²) < 4.78 is 0. The van der Waals surface area contributed by atoms with Crippen molar-refractivity contribution in [1.29, 1.82) is 0 Å². The first-order valence-electron chi connectivity index (χ1n) is 4.12. The number of piperidine rings is 1. The molecule has 1 fully saturated rings. The van der Waals surface area contributed by atoms with E-state index in [1.54, 1.807) is 0 Å². The van der Waals surface area contributed by atoms with Crippen LogP contribution in [0.2, 0.25) is 0 Å². The number of hydrogen-bond acceptors (Lipinski definition) is 1. The number of rotatable bonds is 1. The van der Waals surface area contributed by atoms with E-state index in [0.29, 0.717) is 6.42 Å². The highest BCUT2D eigenvalue weighted by molar-refractivity contribution is 5.79. The van der Waals surface area contributed by atoms with Gasteiger partial charge in [0.15, 0.2) is 0 Å². The van der Waals surface area contributed by atoms with Gasteiger partial charge in [0, 0.05) is 18.2 Å². The Labute approximate surface area is 67.9 Å². The number of carbonyl (C=O) groups excluding carboxylic acids is 1. The van der Waals surface area contributed by atoms with Crippen LogP contribution in [0.25, 0.3) is 0 Å². The van der Waals surface area contributed by atoms with Gasteiger partial charge < -0.3 is 4.90 Å². The summed E-state index contributed by atoms with van der Waals surface area (Å²) >= 11 is 0. The summed E-state index contributed by atoms with van der Waals surface area (Å²) in [6, 6.07) is 0.273. The van der Waals surface area contributed by atoms with E-state index in [4.69, 9.17) is 0 Å². The maximum atomic E-state index is 11.3. The van der Waals surface area contributed by atoms with Crippen LogP contribution in [0.5, 0.6) is 0 Å². The van der Waals surface area contributed by atoms with Gasteiger partial charge in [0.1, 0.15) is 0 Å². The van der Waals surface area contributed by atoms with Gasteiger partial charge in [-0.1, -0.05) is 6.58 Å². The molecule has 0 aromatic rings. The molecule has 1 saturated heterocycles. The summed E-state index contributed by atoms with van der Waals surface area (Å²) in [5.41, 5.74) is 0.983. The normalized spacial score (nSPS) is 19.7. The lowest BCUT2D eigenvalue weighted by Crippen LogP contribution is -2.38. The van der Waals surface area contributed by atoms with Crippen molar-refractivity contribution in [3.63, 3.8) is 0 Å². The van der Waals surface area contributed by atoms with Crippen LogP contribution in [0.4, 0.5) is 0 Å². The molecule has 1 amide bonds. The molecular formula is C9H15NO. The molecule has 2 nitrogen and oxygen atoms in total. The molecule has 0 unspecified atom stereocenters. The van der Waals surface area contributed by atoms with Crippen LogP contribution in [0.1, 0.15) is 33.1 Å². The molecule has 0 aromatic heterocycles. The fourth-order valence-electron chi connectivity index (χ4n) is 1.51. The van der Waals surface area contributed by atoms with E-state index in [2.05, 4.69) is 6.58 Å². The Morgan fingerprint density at radius 1 is 1.45 bits per heavy atom. The first-order chi connectivity index (χ1) is 5.13. The second-order valence-corrected chi connectivity index (χ2v) is 3.28. The van der Waals surface area contributed by atoms with Gasteiger partial charge in [0.05, 0.1) is 0 Å². The van der Waals surface area contributed by atoms with Crippen molar-refractivity contribution in [3.8, 4) is 0 Å². The number of likely N-dealkylation sites (tertiary alicyclic amines) is 1. The Kier molecular flexibility index (Phi) is 2.32. The predicted molar refractivity (Wildman–Crippen MR) is 45.0 cm³/mol. The van der Waals surface area contributed by atoms with E-state index < -0.39 is 0 Å². The van der Waals surface area contributed by atoms with Crippen LogP contribution in [0.3, 0.4) is 0 Å². The Hall–Kier alpha value is -0.790. The molecule has 0 N–H and O–H groups in total. The SMILES string of the molecule is C=C1CCCC(=O)N1C(C)C. The number of hydrogen-bond donors (Lipinski definition) is 0. The Morgan fingerprint density at radius 2 is 2.09 bits per heavy atom. The first-order valence-corrected chi connectivity index (χ1v) is 4.12. The molecule has 0 aromatic carbocycles. The third-order valence-electron chi connectivity index (χ3n) is 1.98. The van der Waals surface area contributed by atoms with Crippen molar-refractivity contribution < 1.29 is 4.79 Å². The molecule has 0 bridgehead atoms. The van der Waals surface area contributed by atoms with E-state index in [-0.39, 0.29) is 11.9 Å². The van der Waals surface area contributed by atoms with Crippen LogP contribution < -0.4 is 0 Å². The van der Waals surface area contributed by atoms with Crippen LogP contribution in [0.15, 0.2) is 12.3 Å². The average molecular weight is 153 g/mol. The third kappa shape index (κ3) is 1.62. The predicted octanol–water partition coefficient (Wildman–Crippen LogP) is 1.92. The van der Waals surface area contributed by atoms with Gasteiger partial charge in [-0.25, -0.2) is 0 Å². The van der Waals surface area contributed by atoms with Crippen molar-refractivity contribution in [2.24, 2.45) is 0 Å². The Balaban J connectivity index is 2.71. The molecule has 1 aliphatic rings. The van der Waals surface area contributed by atoms with Gasteiger partial charge in [-0.2, -0.15) is 0 Å². The topological polar surface area (TPSA) is 20.3 Å². The van der Waals surface area contributed by atoms with E-state index in [9.17, 15) is 4.79 Å². The van der Waals surface area contributed by atoms with Gasteiger partial charge in [0.2, 0.25) is 5.91 Å². The van der Waals surface area contributed by atoms with Gasteiger partial charge >= 0.3 is 0 Å². The minimum atomic E-state index is 0.233. The van der Waals surface area contributed by atoms with Crippen LogP contribution in [0, 0.1) is 0 Å². The second kappa shape index (κ2) is 3.07. The smallest absolute Gasteiger partial charge is 0.226 e. The van der Waals surface area contributed by atoms with Crippen LogP contribution >= 0.6 is 0 Å². The van der Waals surface area contributed by atoms with Crippen molar-refractivity contribution in [1.82, 2.24) is 4.90 Å². The number of carbonyl (C=O) groups is 1. The number of allylic oxidation sites excluding steroid dienone is 1. The first kappa shape index (κ1) is 8.31. The highest BCUT2D eigenvalue weighted by Gasteiger charge is 2.23. The monoisotopic (exact) mass is 153 g/mol. The third-order valence-corrected chi connectivity index (χ3v) is 1.98. The van der Waals surface area contributed by atoms with Gasteiger partial charge in [-0.05, 0) is 26.7 Å². The molecular weight excluding hydrogens is 138 g/mol. The highest BCUT2D eigenvalue weighted by atomic mass is 16.2. The lowest BCUT2D eigenvalue weighted by molar-refractivity contribution is -0.132. The minimum Gasteiger partial charge on any atom is -0.314 e. The fourth-order valence-corrected chi connectivity index (χ4v) is 1.51. The molecule has 0 spiro atoms. The quantitative estimate of drug-likeness (QED) is 0.563. The molecule has 0 atom stereocenters. The lowest BCUT2D eigenvalue weighted by Gasteiger charge is -2.32. The van der Waals surface area contributed by atoms with Crippen molar-refractivity contribution in [2.75, 3.05) is 0 Å². The summed E-state index contributed by atoms with van der Waals surface area (Å²) in [5.74, 6) is 0.233. The Morgan fingerprint density at radius 3 is 2.45 bits per heavy atom. The summed E-state index contributed by atoms with van der Waals surface area (Å²) in [6.07, 6.45) is 2.64. The summed E-state index contributed by atoms with van der Waals surface area (Å²) in [4.78, 5) is 13.1. The van der Waals surface area contributed by atoms with E-state index in [1.807, 2.05) is 18.7 Å². The maximum absolute atomic E-state index is 11.3. The van der Waals surface area contributed by atoms with Crippen LogP contribution in [-0.4, -0.2) is 16.8 Å². The molecule has 0 radical (unpaired) electrons. The van der Waals surface area contributed by atoms with Crippen molar-refractivity contribution >= 4 is 5.91 Å². The zero-order valence-electron chi connectivity index (χ0n) is 7.26. The van der Waals surface area contributed by atoms with Crippen LogP contribution in [-0.2, 0) is 4.79 Å². The van der Waals surface area contributed by atoms with Gasteiger partial charge in [0.25, 0.3) is 0 Å². The van der Waals surface area contributed by atoms with Gasteiger partial charge in [-0.15, -0.1) is 0 Å². The minimum absolute atomic E-state index is 0.233. The summed E-state index contributed by atoms with van der Waals surface area (Å²) in [7, 11) is 0. The molecule has 0 aliphatic carbocycles. The maximum Gasteiger partial charge on any atom is 0.226 e. The summed E-state index contributed by atoms with van der Waals surface area (Å²) in [5, 5.41) is 0. The number of nitrogens with zero attached hydrogens (tertiary/aromatic N) is 1. The second-order valence-electron chi connectivity index (χ2n) is 3.28. The zero-order valence-corrected chi connectivity index (χ0v) is 7.26.